The Morgan fingerprint density at radius 2 is 2.16 bits per heavy atom. The van der Waals surface area contributed by atoms with Crippen molar-refractivity contribution < 1.29 is 9.90 Å². The van der Waals surface area contributed by atoms with E-state index in [0.29, 0.717) is 25.1 Å². The number of β-amino-alcohol motifs (C(OH)–C–C–N with tert-alkyl or cyclic N) is 1. The van der Waals surface area contributed by atoms with Crippen molar-refractivity contribution in [2.24, 2.45) is 0 Å². The first-order valence-corrected chi connectivity index (χ1v) is 8.33. The number of aliphatic hydroxyl groups is 1. The third-order valence-electron chi connectivity index (χ3n) is 4.67. The largest absolute Gasteiger partial charge is 0.386 e. The Morgan fingerprint density at radius 1 is 1.28 bits per heavy atom. The van der Waals surface area contributed by atoms with Crippen LogP contribution in [0.2, 0.25) is 0 Å². The third kappa shape index (κ3) is 3.10. The molecule has 0 aliphatic carbocycles. The highest BCUT2D eigenvalue weighted by Gasteiger charge is 2.36. The molecule has 1 unspecified atom stereocenters. The lowest BCUT2D eigenvalue weighted by Crippen LogP contribution is -2.52. The van der Waals surface area contributed by atoms with Crippen LogP contribution < -0.4 is 0 Å². The summed E-state index contributed by atoms with van der Waals surface area (Å²) >= 11 is 0. The Morgan fingerprint density at radius 3 is 3.00 bits per heavy atom. The summed E-state index contributed by atoms with van der Waals surface area (Å²) in [6.45, 7) is 1.22. The molecule has 7 nitrogen and oxygen atoms in total. The third-order valence-corrected chi connectivity index (χ3v) is 4.67. The molecule has 0 bridgehead atoms. The lowest BCUT2D eigenvalue weighted by atomic mass is 9.92. The normalized spacial score (nSPS) is 20.8. The van der Waals surface area contributed by atoms with Gasteiger partial charge in [0.05, 0.1) is 24.8 Å². The number of amides is 1. The van der Waals surface area contributed by atoms with E-state index in [0.717, 1.165) is 17.2 Å². The van der Waals surface area contributed by atoms with Crippen molar-refractivity contribution in [3.63, 3.8) is 0 Å². The van der Waals surface area contributed by atoms with Gasteiger partial charge in [-0.1, -0.05) is 29.5 Å². The molecule has 1 aliphatic rings. The highest BCUT2D eigenvalue weighted by atomic mass is 16.3. The predicted molar refractivity (Wildman–Crippen MR) is 91.9 cm³/mol. The molecular weight excluding hydrogens is 318 g/mol. The maximum Gasteiger partial charge on any atom is 0.256 e. The monoisotopic (exact) mass is 337 g/mol. The van der Waals surface area contributed by atoms with Crippen LogP contribution in [0.4, 0.5) is 0 Å². The first kappa shape index (κ1) is 15.7. The minimum Gasteiger partial charge on any atom is -0.386 e. The van der Waals surface area contributed by atoms with Crippen LogP contribution in [0, 0.1) is 0 Å². The molecule has 1 aromatic carbocycles. The molecule has 1 N–H and O–H groups in total. The van der Waals surface area contributed by atoms with Gasteiger partial charge in [-0.3, -0.25) is 9.78 Å². The maximum absolute atomic E-state index is 13.0. The summed E-state index contributed by atoms with van der Waals surface area (Å²) in [7, 11) is 0. The van der Waals surface area contributed by atoms with Crippen LogP contribution >= 0.6 is 0 Å². The van der Waals surface area contributed by atoms with E-state index < -0.39 is 5.60 Å². The number of pyridine rings is 1. The van der Waals surface area contributed by atoms with Gasteiger partial charge in [-0.15, -0.1) is 5.10 Å². The van der Waals surface area contributed by atoms with Gasteiger partial charge in [-0.05, 0) is 18.2 Å². The number of carbonyl (C=O) groups excluding carboxylic acids is 1. The number of rotatable bonds is 3. The van der Waals surface area contributed by atoms with Crippen molar-refractivity contribution in [2.45, 2.75) is 25.0 Å². The summed E-state index contributed by atoms with van der Waals surface area (Å²) in [6.07, 6.45) is 8.03. The number of hydrogen-bond donors (Lipinski definition) is 1. The molecule has 1 aliphatic heterocycles. The predicted octanol–water partition coefficient (Wildman–Crippen LogP) is 1.49. The van der Waals surface area contributed by atoms with Gasteiger partial charge in [-0.2, -0.15) is 0 Å². The molecule has 3 aromatic rings. The molecule has 0 spiro atoms. The van der Waals surface area contributed by atoms with Crippen LogP contribution in [-0.4, -0.2) is 54.6 Å². The highest BCUT2D eigenvalue weighted by molar-refractivity contribution is 6.06. The number of fused-ring (bicyclic) bond motifs is 1. The number of benzene rings is 1. The van der Waals surface area contributed by atoms with E-state index in [1.807, 2.05) is 24.3 Å². The van der Waals surface area contributed by atoms with Gasteiger partial charge >= 0.3 is 0 Å². The molecule has 1 saturated heterocycles. The van der Waals surface area contributed by atoms with E-state index >= 15 is 0 Å². The van der Waals surface area contributed by atoms with Gasteiger partial charge in [0.1, 0.15) is 5.60 Å². The van der Waals surface area contributed by atoms with Gasteiger partial charge < -0.3 is 10.0 Å². The van der Waals surface area contributed by atoms with Gasteiger partial charge in [0.25, 0.3) is 5.91 Å². The zero-order valence-electron chi connectivity index (χ0n) is 13.7. The van der Waals surface area contributed by atoms with Crippen molar-refractivity contribution in [2.75, 3.05) is 13.1 Å². The van der Waals surface area contributed by atoms with Crippen LogP contribution in [0.1, 0.15) is 23.2 Å². The van der Waals surface area contributed by atoms with E-state index in [2.05, 4.69) is 15.3 Å². The summed E-state index contributed by atoms with van der Waals surface area (Å²) in [5, 5.41) is 20.4. The average Bonchev–Trinajstić information content (AvgIpc) is 3.13. The van der Waals surface area contributed by atoms with Crippen LogP contribution in [-0.2, 0) is 6.54 Å². The van der Waals surface area contributed by atoms with Crippen molar-refractivity contribution in [3.8, 4) is 0 Å². The molecule has 1 fully saturated rings. The lowest BCUT2D eigenvalue weighted by Gasteiger charge is -2.39. The van der Waals surface area contributed by atoms with Crippen molar-refractivity contribution in [1.82, 2.24) is 24.9 Å². The molecular formula is C18H19N5O2. The van der Waals surface area contributed by atoms with Crippen LogP contribution in [0.15, 0.2) is 49.1 Å². The fourth-order valence-electron chi connectivity index (χ4n) is 3.49. The fraction of sp³-hybridized carbons (Fsp3) is 0.333. The Kier molecular flexibility index (Phi) is 3.93. The van der Waals surface area contributed by atoms with Crippen LogP contribution in [0.5, 0.6) is 0 Å². The second-order valence-corrected chi connectivity index (χ2v) is 6.56. The quantitative estimate of drug-likeness (QED) is 0.783. The Labute approximate surface area is 144 Å². The second-order valence-electron chi connectivity index (χ2n) is 6.56. The van der Waals surface area contributed by atoms with Gasteiger partial charge in [-0.25, -0.2) is 4.68 Å². The first-order valence-electron chi connectivity index (χ1n) is 8.33. The van der Waals surface area contributed by atoms with E-state index in [4.69, 9.17) is 0 Å². The van der Waals surface area contributed by atoms with E-state index in [1.165, 1.54) is 0 Å². The molecule has 0 saturated carbocycles. The molecule has 2 aromatic heterocycles. The standard InChI is InChI=1S/C18H19N5O2/c24-17(16-11-19-10-14-4-1-2-5-15(14)16)22-8-3-6-18(25,12-22)13-23-9-7-20-21-23/h1-2,4-5,7,9-11,25H,3,6,8,12-13H2. The smallest absolute Gasteiger partial charge is 0.256 e. The molecule has 0 radical (unpaired) electrons. The number of aromatic nitrogens is 4. The van der Waals surface area contributed by atoms with E-state index in [1.54, 1.807) is 34.4 Å². The Hall–Kier alpha value is -2.80. The Balaban J connectivity index is 1.59. The van der Waals surface area contributed by atoms with Gasteiger partial charge in [0, 0.05) is 30.5 Å². The zero-order valence-corrected chi connectivity index (χ0v) is 13.7. The second kappa shape index (κ2) is 6.25. The molecule has 128 valence electrons. The van der Waals surface area contributed by atoms with Crippen molar-refractivity contribution in [3.05, 3.63) is 54.6 Å². The average molecular weight is 337 g/mol. The molecule has 1 atom stereocenters. The zero-order chi connectivity index (χ0) is 17.3. The number of carbonyl (C=O) groups is 1. The maximum atomic E-state index is 13.0. The highest BCUT2D eigenvalue weighted by Crippen LogP contribution is 2.26. The summed E-state index contributed by atoms with van der Waals surface area (Å²) in [5.74, 6) is -0.0963. The minimum absolute atomic E-state index is 0.0963. The van der Waals surface area contributed by atoms with E-state index in [9.17, 15) is 9.90 Å². The summed E-state index contributed by atoms with van der Waals surface area (Å²) in [5.41, 5.74) is -0.428. The van der Waals surface area contributed by atoms with Gasteiger partial charge in [0.2, 0.25) is 0 Å². The summed E-state index contributed by atoms with van der Waals surface area (Å²) in [4.78, 5) is 18.9. The number of likely N-dealkylation sites (tertiary alicyclic amines) is 1. The molecule has 7 heteroatoms. The lowest BCUT2D eigenvalue weighted by molar-refractivity contribution is -0.0387. The minimum atomic E-state index is -1.00. The molecule has 1 amide bonds. The number of nitrogens with zero attached hydrogens (tertiary/aromatic N) is 5. The van der Waals surface area contributed by atoms with Gasteiger partial charge in [0.15, 0.2) is 0 Å². The van der Waals surface area contributed by atoms with E-state index in [-0.39, 0.29) is 12.5 Å². The fourth-order valence-corrected chi connectivity index (χ4v) is 3.49. The molecule has 4 rings (SSSR count). The van der Waals surface area contributed by atoms with Crippen molar-refractivity contribution >= 4 is 16.7 Å². The summed E-state index contributed by atoms with van der Waals surface area (Å²) in [6, 6.07) is 7.71. The first-order chi connectivity index (χ1) is 12.1. The topological polar surface area (TPSA) is 84.1 Å². The number of piperidine rings is 1. The molecule has 3 heterocycles. The van der Waals surface area contributed by atoms with Crippen molar-refractivity contribution in [1.29, 1.82) is 0 Å². The van der Waals surface area contributed by atoms with Crippen LogP contribution in [0.25, 0.3) is 10.8 Å². The summed E-state index contributed by atoms with van der Waals surface area (Å²) < 4.78 is 1.60. The number of hydrogen-bond acceptors (Lipinski definition) is 5. The van der Waals surface area contributed by atoms with Crippen LogP contribution in [0.3, 0.4) is 0 Å². The Bertz CT molecular complexity index is 890. The SMILES string of the molecule is O=C(c1cncc2ccccc12)N1CCCC(O)(Cn2ccnn2)C1. The molecule has 25 heavy (non-hydrogen) atoms.